The van der Waals surface area contributed by atoms with Crippen molar-refractivity contribution in [1.82, 2.24) is 10.2 Å². The quantitative estimate of drug-likeness (QED) is 0.822. The molecule has 2 N–H and O–H groups in total. The number of rotatable bonds is 6. The second-order valence-electron chi connectivity index (χ2n) is 6.47. The number of halogens is 3. The number of alkyl halides is 3. The Hall–Kier alpha value is -1.60. The number of carbonyl (C=O) groups excluding carboxylic acids is 1. The third-order valence-corrected chi connectivity index (χ3v) is 4.56. The van der Waals surface area contributed by atoms with Gasteiger partial charge in [0.15, 0.2) is 0 Å². The predicted molar refractivity (Wildman–Crippen MR) is 88.9 cm³/mol. The number of piperidine rings is 1. The van der Waals surface area contributed by atoms with Crippen molar-refractivity contribution in [2.75, 3.05) is 26.2 Å². The van der Waals surface area contributed by atoms with E-state index < -0.39 is 17.8 Å². The molecule has 2 rings (SSSR count). The highest BCUT2D eigenvalue weighted by Gasteiger charge is 2.35. The van der Waals surface area contributed by atoms with E-state index in [4.69, 9.17) is 0 Å². The Morgan fingerprint density at radius 3 is 2.56 bits per heavy atom. The largest absolute Gasteiger partial charge is 0.416 e. The predicted octanol–water partition coefficient (Wildman–Crippen LogP) is 2.98. The smallest absolute Gasteiger partial charge is 0.387 e. The van der Waals surface area contributed by atoms with Gasteiger partial charge < -0.3 is 15.3 Å². The summed E-state index contributed by atoms with van der Waals surface area (Å²) in [7, 11) is 0. The van der Waals surface area contributed by atoms with Gasteiger partial charge in [-0.2, -0.15) is 13.2 Å². The fourth-order valence-electron chi connectivity index (χ4n) is 3.16. The monoisotopic (exact) mass is 358 g/mol. The molecule has 1 aromatic rings. The summed E-state index contributed by atoms with van der Waals surface area (Å²) in [5.41, 5.74) is -0.894. The normalized spacial score (nSPS) is 18.1. The van der Waals surface area contributed by atoms with E-state index in [0.717, 1.165) is 12.5 Å². The number of amides is 1. The number of hydrogen-bond acceptors (Lipinski definition) is 3. The molecule has 1 saturated heterocycles. The minimum absolute atomic E-state index is 0.0458. The molecule has 1 fully saturated rings. The number of likely N-dealkylation sites (tertiary alicyclic amines) is 1. The Morgan fingerprint density at radius 2 is 1.96 bits per heavy atom. The van der Waals surface area contributed by atoms with E-state index in [1.165, 1.54) is 18.2 Å². The van der Waals surface area contributed by atoms with Gasteiger partial charge in [-0.1, -0.05) is 25.1 Å². The van der Waals surface area contributed by atoms with Gasteiger partial charge in [-0.15, -0.1) is 0 Å². The van der Waals surface area contributed by atoms with Crippen molar-refractivity contribution in [3.05, 3.63) is 35.4 Å². The summed E-state index contributed by atoms with van der Waals surface area (Å²) >= 11 is 0. The molecule has 1 aliphatic rings. The van der Waals surface area contributed by atoms with Crippen LogP contribution in [0.4, 0.5) is 13.2 Å². The summed E-state index contributed by atoms with van der Waals surface area (Å²) in [4.78, 5) is 13.9. The van der Waals surface area contributed by atoms with E-state index >= 15 is 0 Å². The Bertz CT molecular complexity index is 570. The Balaban J connectivity index is 1.91. The van der Waals surface area contributed by atoms with Crippen LogP contribution in [-0.4, -0.2) is 42.1 Å². The molecule has 7 heteroatoms. The van der Waals surface area contributed by atoms with Crippen LogP contribution in [0.5, 0.6) is 0 Å². The fourth-order valence-corrected chi connectivity index (χ4v) is 3.16. The van der Waals surface area contributed by atoms with Crippen LogP contribution < -0.4 is 5.32 Å². The van der Waals surface area contributed by atoms with Gasteiger partial charge in [0.1, 0.15) is 0 Å². The molecule has 1 atom stereocenters. The van der Waals surface area contributed by atoms with Gasteiger partial charge in [-0.3, -0.25) is 4.79 Å². The molecule has 0 spiro atoms. The van der Waals surface area contributed by atoms with Gasteiger partial charge in [-0.25, -0.2) is 0 Å². The molecule has 4 nitrogen and oxygen atoms in total. The standard InChI is InChI=1S/C18H25F3N2O2/c1-2-9-22-17(25)13-7-10-23(11-8-13)12-16(24)14-5-3-4-6-15(14)18(19,20)21/h3-6,13,16,24H,2,7-12H2,1H3,(H,22,25). The zero-order valence-electron chi connectivity index (χ0n) is 14.4. The first-order valence-electron chi connectivity index (χ1n) is 8.67. The first-order valence-corrected chi connectivity index (χ1v) is 8.67. The third-order valence-electron chi connectivity index (χ3n) is 4.56. The summed E-state index contributed by atoms with van der Waals surface area (Å²) in [5, 5.41) is 13.2. The van der Waals surface area contributed by atoms with E-state index in [0.29, 0.717) is 32.5 Å². The molecule has 1 aromatic carbocycles. The molecular weight excluding hydrogens is 333 g/mol. The van der Waals surface area contributed by atoms with Crippen LogP contribution in [0, 0.1) is 5.92 Å². The molecule has 1 unspecified atom stereocenters. The van der Waals surface area contributed by atoms with Crippen molar-refractivity contribution >= 4 is 5.91 Å². The Kier molecular flexibility index (Phi) is 6.84. The number of β-amino-alcohol motifs (C(OH)–C–C–N with tert-alkyl or cyclic N) is 1. The summed E-state index contributed by atoms with van der Waals surface area (Å²) in [6.07, 6.45) is -3.49. The van der Waals surface area contributed by atoms with Crippen LogP contribution in [0.3, 0.4) is 0 Å². The number of carbonyl (C=O) groups is 1. The minimum Gasteiger partial charge on any atom is -0.387 e. The lowest BCUT2D eigenvalue weighted by atomic mass is 9.94. The molecule has 0 radical (unpaired) electrons. The lowest BCUT2D eigenvalue weighted by Crippen LogP contribution is -2.42. The molecule has 140 valence electrons. The lowest BCUT2D eigenvalue weighted by molar-refractivity contribution is -0.139. The molecule has 1 aliphatic heterocycles. The number of aliphatic hydroxyl groups excluding tert-OH is 1. The highest BCUT2D eigenvalue weighted by Crippen LogP contribution is 2.35. The maximum absolute atomic E-state index is 13.1. The average molecular weight is 358 g/mol. The van der Waals surface area contributed by atoms with Crippen molar-refractivity contribution in [2.24, 2.45) is 5.92 Å². The topological polar surface area (TPSA) is 52.6 Å². The van der Waals surface area contributed by atoms with Crippen molar-refractivity contribution in [1.29, 1.82) is 0 Å². The Labute approximate surface area is 146 Å². The average Bonchev–Trinajstić information content (AvgIpc) is 2.59. The second-order valence-corrected chi connectivity index (χ2v) is 6.47. The summed E-state index contributed by atoms with van der Waals surface area (Å²) in [6, 6.07) is 5.12. The molecule has 1 heterocycles. The zero-order chi connectivity index (χ0) is 18.4. The SMILES string of the molecule is CCCNC(=O)C1CCN(CC(O)c2ccccc2C(F)(F)F)CC1. The van der Waals surface area contributed by atoms with Gasteiger partial charge in [0.05, 0.1) is 11.7 Å². The van der Waals surface area contributed by atoms with Gasteiger partial charge in [-0.05, 0) is 44.0 Å². The number of aliphatic hydroxyl groups is 1. The first kappa shape index (κ1) is 19.7. The molecule has 1 amide bonds. The van der Waals surface area contributed by atoms with Crippen molar-refractivity contribution < 1.29 is 23.1 Å². The van der Waals surface area contributed by atoms with Crippen LogP contribution in [-0.2, 0) is 11.0 Å². The first-order chi connectivity index (χ1) is 11.8. The van der Waals surface area contributed by atoms with E-state index in [9.17, 15) is 23.1 Å². The number of nitrogens with one attached hydrogen (secondary N) is 1. The molecule has 0 aliphatic carbocycles. The van der Waals surface area contributed by atoms with E-state index in [2.05, 4.69) is 5.32 Å². The number of nitrogens with zero attached hydrogens (tertiary/aromatic N) is 1. The fraction of sp³-hybridized carbons (Fsp3) is 0.611. The highest BCUT2D eigenvalue weighted by atomic mass is 19.4. The number of hydrogen-bond donors (Lipinski definition) is 2. The zero-order valence-corrected chi connectivity index (χ0v) is 14.4. The van der Waals surface area contributed by atoms with Crippen molar-refractivity contribution in [3.63, 3.8) is 0 Å². The van der Waals surface area contributed by atoms with Crippen LogP contribution in [0.2, 0.25) is 0 Å². The Morgan fingerprint density at radius 1 is 1.32 bits per heavy atom. The van der Waals surface area contributed by atoms with E-state index in [-0.39, 0.29) is 23.9 Å². The van der Waals surface area contributed by atoms with Crippen LogP contribution in [0.15, 0.2) is 24.3 Å². The van der Waals surface area contributed by atoms with Gasteiger partial charge in [0, 0.05) is 19.0 Å². The maximum atomic E-state index is 13.1. The van der Waals surface area contributed by atoms with Crippen LogP contribution in [0.25, 0.3) is 0 Å². The second kappa shape index (κ2) is 8.67. The van der Waals surface area contributed by atoms with Gasteiger partial charge in [0.25, 0.3) is 0 Å². The minimum atomic E-state index is -4.48. The maximum Gasteiger partial charge on any atom is 0.416 e. The van der Waals surface area contributed by atoms with Gasteiger partial charge >= 0.3 is 6.18 Å². The third kappa shape index (κ3) is 5.44. The van der Waals surface area contributed by atoms with Crippen LogP contribution in [0.1, 0.15) is 43.4 Å². The summed E-state index contributed by atoms with van der Waals surface area (Å²) in [5.74, 6) is -0.00753. The van der Waals surface area contributed by atoms with Crippen LogP contribution >= 0.6 is 0 Å². The lowest BCUT2D eigenvalue weighted by Gasteiger charge is -2.33. The molecular formula is C18H25F3N2O2. The molecule has 0 aromatic heterocycles. The van der Waals surface area contributed by atoms with Crippen molar-refractivity contribution in [2.45, 2.75) is 38.5 Å². The number of benzene rings is 1. The van der Waals surface area contributed by atoms with Crippen molar-refractivity contribution in [3.8, 4) is 0 Å². The summed E-state index contributed by atoms with van der Waals surface area (Å²) < 4.78 is 39.2. The molecule has 0 bridgehead atoms. The highest BCUT2D eigenvalue weighted by molar-refractivity contribution is 5.78. The molecule has 0 saturated carbocycles. The van der Waals surface area contributed by atoms with Gasteiger partial charge in [0.2, 0.25) is 5.91 Å². The molecule has 25 heavy (non-hydrogen) atoms. The summed E-state index contributed by atoms with van der Waals surface area (Å²) in [6.45, 7) is 3.97. The van der Waals surface area contributed by atoms with E-state index in [1.54, 1.807) is 0 Å². The van der Waals surface area contributed by atoms with E-state index in [1.807, 2.05) is 11.8 Å².